The summed E-state index contributed by atoms with van der Waals surface area (Å²) in [6.45, 7) is 0.0432. The molecule has 0 spiro atoms. The van der Waals surface area contributed by atoms with Crippen LogP contribution in [-0.4, -0.2) is 37.7 Å². The van der Waals surface area contributed by atoms with Gasteiger partial charge in [0.25, 0.3) is 0 Å². The molecule has 0 N–H and O–H groups in total. The van der Waals surface area contributed by atoms with Gasteiger partial charge in [-0.25, -0.2) is 8.42 Å². The molecule has 90 valence electrons. The van der Waals surface area contributed by atoms with E-state index in [2.05, 4.69) is 0 Å². The Bertz CT molecular complexity index is 425. The molecule has 0 aromatic carbocycles. The molecule has 16 heavy (non-hydrogen) atoms. The van der Waals surface area contributed by atoms with Crippen molar-refractivity contribution >= 4 is 10.0 Å². The number of rotatable bonds is 3. The lowest BCUT2D eigenvalue weighted by Gasteiger charge is -2.32. The number of hydrogen-bond acceptors (Lipinski definition) is 3. The number of halogens is 3. The highest BCUT2D eigenvalue weighted by atomic mass is 32.2. The predicted molar refractivity (Wildman–Crippen MR) is 49.7 cm³/mol. The van der Waals surface area contributed by atoms with Crippen molar-refractivity contribution in [1.29, 1.82) is 5.26 Å². The van der Waals surface area contributed by atoms with Gasteiger partial charge in [-0.3, -0.25) is 0 Å². The minimum absolute atomic E-state index is 0.0216. The fourth-order valence-corrected chi connectivity index (χ4v) is 2.63. The van der Waals surface area contributed by atoms with Gasteiger partial charge in [-0.15, -0.1) is 0 Å². The number of nitriles is 1. The van der Waals surface area contributed by atoms with E-state index in [9.17, 15) is 21.6 Å². The number of nitrogens with zero attached hydrogens (tertiary/aromatic N) is 2. The summed E-state index contributed by atoms with van der Waals surface area (Å²) in [6.07, 6.45) is -4.61. The van der Waals surface area contributed by atoms with Crippen molar-refractivity contribution in [2.45, 2.75) is 12.6 Å². The molecule has 4 nitrogen and oxygen atoms in total. The summed E-state index contributed by atoms with van der Waals surface area (Å²) >= 11 is 0. The normalized spacial score (nSPS) is 17.8. The summed E-state index contributed by atoms with van der Waals surface area (Å²) < 4.78 is 59.1. The van der Waals surface area contributed by atoms with Crippen molar-refractivity contribution in [3.8, 4) is 6.07 Å². The summed E-state index contributed by atoms with van der Waals surface area (Å²) in [6, 6.07) is 1.73. The molecule has 0 unspecified atom stereocenters. The van der Waals surface area contributed by atoms with Gasteiger partial charge in [-0.05, 0) is 5.57 Å². The maximum atomic E-state index is 11.8. The largest absolute Gasteiger partial charge is 0.390 e. The molecule has 0 aromatic rings. The Kier molecular flexibility index (Phi) is 3.60. The van der Waals surface area contributed by atoms with Crippen LogP contribution in [-0.2, 0) is 10.0 Å². The van der Waals surface area contributed by atoms with Gasteiger partial charge in [-0.2, -0.15) is 22.7 Å². The van der Waals surface area contributed by atoms with E-state index < -0.39 is 28.4 Å². The Balaban J connectivity index is 2.50. The van der Waals surface area contributed by atoms with Gasteiger partial charge in [0.15, 0.2) is 0 Å². The predicted octanol–water partition coefficient (Wildman–Crippen LogP) is 1.03. The molecule has 1 heterocycles. The van der Waals surface area contributed by atoms with Crippen LogP contribution in [0, 0.1) is 11.3 Å². The number of hydrogen-bond donors (Lipinski definition) is 0. The molecular formula is C8H9F3N2O2S. The van der Waals surface area contributed by atoms with E-state index in [1.807, 2.05) is 0 Å². The van der Waals surface area contributed by atoms with Crippen LogP contribution in [0.15, 0.2) is 11.6 Å². The molecule has 1 saturated heterocycles. The van der Waals surface area contributed by atoms with Crippen molar-refractivity contribution in [2.24, 2.45) is 0 Å². The van der Waals surface area contributed by atoms with Crippen molar-refractivity contribution in [3.63, 3.8) is 0 Å². The second-order valence-electron chi connectivity index (χ2n) is 3.38. The molecule has 1 aliphatic heterocycles. The van der Waals surface area contributed by atoms with Crippen LogP contribution < -0.4 is 0 Å². The van der Waals surface area contributed by atoms with Gasteiger partial charge in [0.2, 0.25) is 10.0 Å². The van der Waals surface area contributed by atoms with Crippen molar-refractivity contribution in [3.05, 3.63) is 11.6 Å². The van der Waals surface area contributed by atoms with Gasteiger partial charge in [-0.1, -0.05) is 0 Å². The standard InChI is InChI=1S/C8H9F3N2O2S/c9-8(10,11)2-4-16(14,15)13-5-7(6-13)1-3-12/h1H,2,4-6H2. The Hall–Kier alpha value is -1.07. The Labute approximate surface area is 91.0 Å². The highest BCUT2D eigenvalue weighted by molar-refractivity contribution is 7.89. The van der Waals surface area contributed by atoms with Crippen LogP contribution in [0.1, 0.15) is 6.42 Å². The molecule has 8 heteroatoms. The smallest absolute Gasteiger partial charge is 0.212 e. The van der Waals surface area contributed by atoms with Crippen LogP contribution >= 0.6 is 0 Å². The first kappa shape index (κ1) is 13.0. The summed E-state index contributed by atoms with van der Waals surface area (Å²) in [4.78, 5) is 0. The van der Waals surface area contributed by atoms with E-state index in [1.54, 1.807) is 6.07 Å². The van der Waals surface area contributed by atoms with Crippen LogP contribution in [0.25, 0.3) is 0 Å². The maximum Gasteiger partial charge on any atom is 0.390 e. The fraction of sp³-hybridized carbons (Fsp3) is 0.625. The maximum absolute atomic E-state index is 11.8. The Morgan fingerprint density at radius 3 is 2.44 bits per heavy atom. The summed E-state index contributed by atoms with van der Waals surface area (Å²) in [5.41, 5.74) is 0.609. The molecule has 0 atom stereocenters. The molecule has 1 rings (SSSR count). The van der Waals surface area contributed by atoms with Crippen LogP contribution in [0.2, 0.25) is 0 Å². The van der Waals surface area contributed by atoms with Gasteiger partial charge >= 0.3 is 6.18 Å². The highest BCUT2D eigenvalue weighted by Crippen LogP contribution is 2.24. The second-order valence-corrected chi connectivity index (χ2v) is 5.47. The minimum atomic E-state index is -4.47. The van der Waals surface area contributed by atoms with E-state index in [-0.39, 0.29) is 13.1 Å². The summed E-state index contributed by atoms with van der Waals surface area (Å²) in [5.74, 6) is -0.934. The molecule has 0 bridgehead atoms. The van der Waals surface area contributed by atoms with E-state index in [0.29, 0.717) is 5.57 Å². The summed E-state index contributed by atoms with van der Waals surface area (Å²) in [5, 5.41) is 8.26. The Morgan fingerprint density at radius 1 is 1.44 bits per heavy atom. The highest BCUT2D eigenvalue weighted by Gasteiger charge is 2.35. The third kappa shape index (κ3) is 3.50. The zero-order valence-electron chi connectivity index (χ0n) is 8.16. The monoisotopic (exact) mass is 254 g/mol. The molecular weight excluding hydrogens is 245 g/mol. The third-order valence-corrected chi connectivity index (χ3v) is 3.83. The molecule has 1 aliphatic rings. The van der Waals surface area contributed by atoms with E-state index in [1.165, 1.54) is 6.08 Å². The van der Waals surface area contributed by atoms with Gasteiger partial charge in [0.1, 0.15) is 0 Å². The summed E-state index contributed by atoms with van der Waals surface area (Å²) in [7, 11) is -3.84. The molecule has 0 amide bonds. The molecule has 1 fully saturated rings. The quantitative estimate of drug-likeness (QED) is 0.707. The van der Waals surface area contributed by atoms with E-state index >= 15 is 0 Å². The van der Waals surface area contributed by atoms with Crippen molar-refractivity contribution in [2.75, 3.05) is 18.8 Å². The lowest BCUT2D eigenvalue weighted by atomic mass is 10.1. The van der Waals surface area contributed by atoms with Crippen molar-refractivity contribution < 1.29 is 21.6 Å². The second kappa shape index (κ2) is 4.43. The van der Waals surface area contributed by atoms with Crippen LogP contribution in [0.5, 0.6) is 0 Å². The Morgan fingerprint density at radius 2 is 2.00 bits per heavy atom. The number of alkyl halides is 3. The average Bonchev–Trinajstić information content (AvgIpc) is 2.06. The van der Waals surface area contributed by atoms with E-state index in [4.69, 9.17) is 5.26 Å². The number of sulfonamides is 1. The molecule has 0 radical (unpaired) electrons. The van der Waals surface area contributed by atoms with E-state index in [0.717, 1.165) is 4.31 Å². The zero-order valence-corrected chi connectivity index (χ0v) is 8.98. The number of allylic oxidation sites excluding steroid dienone is 1. The third-order valence-electron chi connectivity index (χ3n) is 2.06. The topological polar surface area (TPSA) is 61.2 Å². The van der Waals surface area contributed by atoms with Crippen LogP contribution in [0.3, 0.4) is 0 Å². The van der Waals surface area contributed by atoms with Gasteiger partial charge in [0, 0.05) is 19.2 Å². The first-order valence-electron chi connectivity index (χ1n) is 4.37. The minimum Gasteiger partial charge on any atom is -0.212 e. The van der Waals surface area contributed by atoms with Crippen molar-refractivity contribution in [1.82, 2.24) is 4.31 Å². The first-order chi connectivity index (χ1) is 7.24. The SMILES string of the molecule is N#CC=C1CN(S(=O)(=O)CCC(F)(F)F)C1. The zero-order chi connectivity index (χ0) is 12.4. The average molecular weight is 254 g/mol. The molecule has 0 aliphatic carbocycles. The molecule has 0 aromatic heterocycles. The lowest BCUT2D eigenvalue weighted by molar-refractivity contribution is -0.130. The van der Waals surface area contributed by atoms with Crippen LogP contribution in [0.4, 0.5) is 13.2 Å². The lowest BCUT2D eigenvalue weighted by Crippen LogP contribution is -2.45. The fourth-order valence-electron chi connectivity index (χ4n) is 1.16. The first-order valence-corrected chi connectivity index (χ1v) is 5.97. The molecule has 0 saturated carbocycles. The van der Waals surface area contributed by atoms with Gasteiger partial charge < -0.3 is 0 Å². The van der Waals surface area contributed by atoms with Gasteiger partial charge in [0.05, 0.1) is 18.2 Å².